The summed E-state index contributed by atoms with van der Waals surface area (Å²) in [5.74, 6) is -0.285. The minimum atomic E-state index is -0.285. The lowest BCUT2D eigenvalue weighted by molar-refractivity contribution is 0.0949. The number of nitrogens with zero attached hydrogens (tertiary/aromatic N) is 2. The second-order valence-electron chi connectivity index (χ2n) is 3.03. The maximum atomic E-state index is 11.4. The van der Waals surface area contributed by atoms with Crippen LogP contribution in [0, 0.1) is 11.3 Å². The third kappa shape index (κ3) is 3.56. The summed E-state index contributed by atoms with van der Waals surface area (Å²) in [6, 6.07) is 4.98. The van der Waals surface area contributed by atoms with E-state index in [0.717, 1.165) is 0 Å². The molecule has 0 bridgehead atoms. The number of amides is 1. The summed E-state index contributed by atoms with van der Waals surface area (Å²) in [6.45, 7) is 2.18. The van der Waals surface area contributed by atoms with Crippen LogP contribution in [0.4, 0.5) is 0 Å². The fourth-order valence-corrected chi connectivity index (χ4v) is 0.995. The second-order valence-corrected chi connectivity index (χ2v) is 3.78. The zero-order chi connectivity index (χ0) is 11.3. The third-order valence-corrected chi connectivity index (χ3v) is 1.82. The Morgan fingerprint density at radius 2 is 2.47 bits per heavy atom. The number of halogens is 1. The van der Waals surface area contributed by atoms with Gasteiger partial charge in [-0.25, -0.2) is 4.98 Å². The highest BCUT2D eigenvalue weighted by Crippen LogP contribution is 1.99. The molecule has 0 saturated heterocycles. The number of nitriles is 1. The Labute approximate surface area is 92.9 Å². The van der Waals surface area contributed by atoms with Crippen LogP contribution in [0.3, 0.4) is 0 Å². The Morgan fingerprint density at radius 1 is 1.73 bits per heavy atom. The van der Waals surface area contributed by atoms with Crippen LogP contribution >= 0.6 is 11.6 Å². The highest BCUT2D eigenvalue weighted by atomic mass is 35.5. The number of carbonyl (C=O) groups is 1. The number of carbonyl (C=O) groups excluding carboxylic acids is 1. The van der Waals surface area contributed by atoms with Crippen molar-refractivity contribution in [1.29, 1.82) is 5.26 Å². The van der Waals surface area contributed by atoms with E-state index in [1.165, 1.54) is 12.3 Å². The fraction of sp³-hybridized carbons (Fsp3) is 0.300. The molecule has 0 aliphatic heterocycles. The molecule has 4 nitrogen and oxygen atoms in total. The average molecular weight is 224 g/mol. The molecule has 1 aromatic heterocycles. The summed E-state index contributed by atoms with van der Waals surface area (Å²) in [7, 11) is 0. The van der Waals surface area contributed by atoms with Crippen molar-refractivity contribution in [3.8, 4) is 6.07 Å². The van der Waals surface area contributed by atoms with Crippen molar-refractivity contribution in [2.75, 3.05) is 6.54 Å². The lowest BCUT2D eigenvalue weighted by atomic mass is 10.2. The highest BCUT2D eigenvalue weighted by molar-refractivity contribution is 6.20. The first kappa shape index (κ1) is 11.5. The molecular weight excluding hydrogens is 214 g/mol. The van der Waals surface area contributed by atoms with E-state index in [4.69, 9.17) is 16.9 Å². The summed E-state index contributed by atoms with van der Waals surface area (Å²) in [5.41, 5.74) is 0.712. The first-order valence-electron chi connectivity index (χ1n) is 4.42. The predicted octanol–water partition coefficient (Wildman–Crippen LogP) is 1.31. The van der Waals surface area contributed by atoms with Crippen molar-refractivity contribution in [2.45, 2.75) is 12.3 Å². The Hall–Kier alpha value is -1.60. The van der Waals surface area contributed by atoms with Gasteiger partial charge in [0.2, 0.25) is 0 Å². The summed E-state index contributed by atoms with van der Waals surface area (Å²) in [5, 5.41) is 11.0. The van der Waals surface area contributed by atoms with Crippen LogP contribution in [0.2, 0.25) is 0 Å². The zero-order valence-corrected chi connectivity index (χ0v) is 8.95. The summed E-state index contributed by atoms with van der Waals surface area (Å²) in [4.78, 5) is 15.3. The average Bonchev–Trinajstić information content (AvgIpc) is 2.26. The molecule has 0 saturated carbocycles. The van der Waals surface area contributed by atoms with Gasteiger partial charge in [0, 0.05) is 18.1 Å². The standard InChI is InChI=1S/C10H10ClN3O/c1-7(11)5-14-10(15)9-3-2-8(4-12)6-13-9/h2-3,6-7H,5H2,1H3,(H,14,15). The molecule has 0 aromatic carbocycles. The van der Waals surface area contributed by atoms with E-state index in [2.05, 4.69) is 10.3 Å². The maximum Gasteiger partial charge on any atom is 0.269 e. The Bertz CT molecular complexity index is 381. The Balaban J connectivity index is 2.63. The van der Waals surface area contributed by atoms with Gasteiger partial charge in [0.1, 0.15) is 11.8 Å². The number of alkyl halides is 1. The van der Waals surface area contributed by atoms with E-state index in [-0.39, 0.29) is 17.0 Å². The van der Waals surface area contributed by atoms with E-state index < -0.39 is 0 Å². The van der Waals surface area contributed by atoms with Crippen LogP contribution in [-0.2, 0) is 0 Å². The second kappa shape index (κ2) is 5.32. The molecule has 0 aliphatic rings. The molecular formula is C10H10ClN3O. The number of rotatable bonds is 3. The zero-order valence-electron chi connectivity index (χ0n) is 8.20. The van der Waals surface area contributed by atoms with Gasteiger partial charge in [0.15, 0.2) is 0 Å². The first-order chi connectivity index (χ1) is 7.13. The summed E-state index contributed by atoms with van der Waals surface area (Å²) in [6.07, 6.45) is 1.36. The molecule has 0 fully saturated rings. The van der Waals surface area contributed by atoms with Crippen LogP contribution in [0.15, 0.2) is 18.3 Å². The van der Waals surface area contributed by atoms with Crippen LogP contribution in [0.1, 0.15) is 23.0 Å². The topological polar surface area (TPSA) is 65.8 Å². The molecule has 1 unspecified atom stereocenters. The van der Waals surface area contributed by atoms with E-state index in [1.807, 2.05) is 6.07 Å². The SMILES string of the molecule is CC(Cl)CNC(=O)c1ccc(C#N)cn1. The smallest absolute Gasteiger partial charge is 0.269 e. The summed E-state index contributed by atoms with van der Waals surface area (Å²) < 4.78 is 0. The molecule has 78 valence electrons. The third-order valence-electron chi connectivity index (χ3n) is 1.67. The lowest BCUT2D eigenvalue weighted by Gasteiger charge is -2.05. The quantitative estimate of drug-likeness (QED) is 0.786. The molecule has 1 atom stereocenters. The number of hydrogen-bond acceptors (Lipinski definition) is 3. The minimum Gasteiger partial charge on any atom is -0.349 e. The molecule has 0 aliphatic carbocycles. The molecule has 0 spiro atoms. The summed E-state index contributed by atoms with van der Waals surface area (Å²) >= 11 is 5.68. The highest BCUT2D eigenvalue weighted by Gasteiger charge is 2.07. The van der Waals surface area contributed by atoms with Crippen molar-refractivity contribution in [3.63, 3.8) is 0 Å². The van der Waals surface area contributed by atoms with Crippen LogP contribution in [0.25, 0.3) is 0 Å². The first-order valence-corrected chi connectivity index (χ1v) is 4.85. The Kier molecular flexibility index (Phi) is 4.07. The van der Waals surface area contributed by atoms with E-state index in [0.29, 0.717) is 12.1 Å². The van der Waals surface area contributed by atoms with E-state index in [9.17, 15) is 4.79 Å². The van der Waals surface area contributed by atoms with E-state index >= 15 is 0 Å². The monoisotopic (exact) mass is 223 g/mol. The lowest BCUT2D eigenvalue weighted by Crippen LogP contribution is -2.29. The molecule has 1 rings (SSSR count). The van der Waals surface area contributed by atoms with Crippen molar-refractivity contribution in [2.24, 2.45) is 0 Å². The fourth-order valence-electron chi connectivity index (χ4n) is 0.918. The van der Waals surface area contributed by atoms with Crippen molar-refractivity contribution in [1.82, 2.24) is 10.3 Å². The number of nitrogens with one attached hydrogen (secondary N) is 1. The number of hydrogen-bond donors (Lipinski definition) is 1. The van der Waals surface area contributed by atoms with Gasteiger partial charge in [-0.2, -0.15) is 5.26 Å². The van der Waals surface area contributed by atoms with Crippen LogP contribution in [-0.4, -0.2) is 22.8 Å². The van der Waals surface area contributed by atoms with Crippen molar-refractivity contribution < 1.29 is 4.79 Å². The van der Waals surface area contributed by atoms with Gasteiger partial charge in [-0.3, -0.25) is 4.79 Å². The number of aromatic nitrogens is 1. The predicted molar refractivity (Wildman–Crippen MR) is 56.6 cm³/mol. The van der Waals surface area contributed by atoms with Gasteiger partial charge in [-0.05, 0) is 19.1 Å². The molecule has 5 heteroatoms. The van der Waals surface area contributed by atoms with Gasteiger partial charge in [0.05, 0.1) is 5.56 Å². The van der Waals surface area contributed by atoms with Gasteiger partial charge in [-0.15, -0.1) is 11.6 Å². The van der Waals surface area contributed by atoms with Gasteiger partial charge >= 0.3 is 0 Å². The van der Waals surface area contributed by atoms with Crippen molar-refractivity contribution >= 4 is 17.5 Å². The van der Waals surface area contributed by atoms with Gasteiger partial charge in [0.25, 0.3) is 5.91 Å². The Morgan fingerprint density at radius 3 is 2.93 bits per heavy atom. The molecule has 1 amide bonds. The molecule has 1 N–H and O–H groups in total. The largest absolute Gasteiger partial charge is 0.349 e. The van der Waals surface area contributed by atoms with Crippen molar-refractivity contribution in [3.05, 3.63) is 29.6 Å². The molecule has 15 heavy (non-hydrogen) atoms. The molecule has 1 aromatic rings. The minimum absolute atomic E-state index is 0.118. The van der Waals surface area contributed by atoms with Crippen LogP contribution < -0.4 is 5.32 Å². The normalized spacial score (nSPS) is 11.5. The molecule has 0 radical (unpaired) electrons. The van der Waals surface area contributed by atoms with E-state index in [1.54, 1.807) is 13.0 Å². The molecule has 1 heterocycles. The number of pyridine rings is 1. The van der Waals surface area contributed by atoms with Gasteiger partial charge in [-0.1, -0.05) is 0 Å². The maximum absolute atomic E-state index is 11.4. The van der Waals surface area contributed by atoms with Crippen LogP contribution in [0.5, 0.6) is 0 Å². The van der Waals surface area contributed by atoms with Gasteiger partial charge < -0.3 is 5.32 Å².